The van der Waals surface area contributed by atoms with Crippen LogP contribution in [0.25, 0.3) is 16.8 Å². The second-order valence-electron chi connectivity index (χ2n) is 6.90. The van der Waals surface area contributed by atoms with Gasteiger partial charge in [0.25, 0.3) is 0 Å². The van der Waals surface area contributed by atoms with E-state index in [2.05, 4.69) is 31.5 Å². The number of halogens is 1. The number of rotatable bonds is 5. The molecule has 0 fully saturated rings. The van der Waals surface area contributed by atoms with Crippen LogP contribution in [-0.4, -0.2) is 38.2 Å². The Bertz CT molecular complexity index is 1210. The second-order valence-corrected chi connectivity index (χ2v) is 6.90. The molecule has 0 bridgehead atoms. The summed E-state index contributed by atoms with van der Waals surface area (Å²) in [6, 6.07) is 7.53. The van der Waals surface area contributed by atoms with Gasteiger partial charge in [-0.05, 0) is 18.1 Å². The van der Waals surface area contributed by atoms with E-state index in [1.54, 1.807) is 19.6 Å². The molecule has 0 unspecified atom stereocenters. The minimum Gasteiger partial charge on any atom is -0.493 e. The van der Waals surface area contributed by atoms with Gasteiger partial charge in [-0.2, -0.15) is 0 Å². The number of fused-ring (bicyclic) bond motifs is 2. The highest BCUT2D eigenvalue weighted by Crippen LogP contribution is 2.30. The molecule has 7 nitrogen and oxygen atoms in total. The SMILES string of the molecule is CNc1cc(F)c(-c2cnc(CCc3cccc4c3CCO4)n3cnnc23)cn1. The van der Waals surface area contributed by atoms with E-state index in [4.69, 9.17) is 4.74 Å². The van der Waals surface area contributed by atoms with Crippen LogP contribution in [0.3, 0.4) is 0 Å². The summed E-state index contributed by atoms with van der Waals surface area (Å²) in [6.07, 6.45) is 7.24. The summed E-state index contributed by atoms with van der Waals surface area (Å²) in [5.41, 5.74) is 4.02. The highest BCUT2D eigenvalue weighted by Gasteiger charge is 2.18. The molecule has 4 aromatic rings. The van der Waals surface area contributed by atoms with E-state index < -0.39 is 0 Å². The van der Waals surface area contributed by atoms with E-state index in [1.165, 1.54) is 23.4 Å². The van der Waals surface area contributed by atoms with Crippen LogP contribution in [-0.2, 0) is 19.3 Å². The van der Waals surface area contributed by atoms with Crippen molar-refractivity contribution in [3.63, 3.8) is 0 Å². The smallest absolute Gasteiger partial charge is 0.171 e. The van der Waals surface area contributed by atoms with Crippen LogP contribution in [0.15, 0.2) is 43.0 Å². The third kappa shape index (κ3) is 3.06. The zero-order chi connectivity index (χ0) is 19.8. The van der Waals surface area contributed by atoms with E-state index in [9.17, 15) is 4.39 Å². The topological polar surface area (TPSA) is 77.2 Å². The second kappa shape index (κ2) is 7.12. The monoisotopic (exact) mass is 390 g/mol. The number of anilines is 1. The first-order valence-electron chi connectivity index (χ1n) is 9.49. The van der Waals surface area contributed by atoms with Crippen LogP contribution in [0.5, 0.6) is 5.75 Å². The molecule has 1 N–H and O–H groups in total. The maximum atomic E-state index is 14.6. The number of ether oxygens (including phenoxy) is 1. The molecule has 5 rings (SSSR count). The molecule has 146 valence electrons. The van der Waals surface area contributed by atoms with Crippen molar-refractivity contribution >= 4 is 11.5 Å². The largest absolute Gasteiger partial charge is 0.493 e. The molecule has 1 aliphatic heterocycles. The summed E-state index contributed by atoms with van der Waals surface area (Å²) in [4.78, 5) is 8.80. The number of nitrogens with one attached hydrogen (secondary N) is 1. The Labute approximate surface area is 166 Å². The van der Waals surface area contributed by atoms with Crippen molar-refractivity contribution in [1.82, 2.24) is 24.6 Å². The lowest BCUT2D eigenvalue weighted by atomic mass is 10.0. The molecule has 0 saturated heterocycles. The third-order valence-electron chi connectivity index (χ3n) is 5.27. The Morgan fingerprint density at radius 1 is 1.17 bits per heavy atom. The molecule has 0 atom stereocenters. The van der Waals surface area contributed by atoms with Crippen LogP contribution in [0, 0.1) is 5.82 Å². The lowest BCUT2D eigenvalue weighted by Crippen LogP contribution is -2.05. The molecule has 0 aliphatic carbocycles. The first kappa shape index (κ1) is 17.5. The van der Waals surface area contributed by atoms with Gasteiger partial charge in [0, 0.05) is 55.0 Å². The quantitative estimate of drug-likeness (QED) is 0.564. The van der Waals surface area contributed by atoms with E-state index >= 15 is 0 Å². The van der Waals surface area contributed by atoms with Crippen LogP contribution in [0.2, 0.25) is 0 Å². The van der Waals surface area contributed by atoms with Crippen molar-refractivity contribution in [2.45, 2.75) is 19.3 Å². The molecular weight excluding hydrogens is 371 g/mol. The van der Waals surface area contributed by atoms with Crippen LogP contribution < -0.4 is 10.1 Å². The number of benzene rings is 1. The van der Waals surface area contributed by atoms with Crippen LogP contribution in [0.4, 0.5) is 10.2 Å². The summed E-state index contributed by atoms with van der Waals surface area (Å²) in [5, 5.41) is 11.0. The number of aromatic nitrogens is 5. The fourth-order valence-electron chi connectivity index (χ4n) is 3.78. The van der Waals surface area contributed by atoms with Crippen LogP contribution in [0.1, 0.15) is 17.0 Å². The molecule has 1 aromatic carbocycles. The Morgan fingerprint density at radius 2 is 2.07 bits per heavy atom. The Hall–Kier alpha value is -3.55. The third-order valence-corrected chi connectivity index (χ3v) is 5.27. The lowest BCUT2D eigenvalue weighted by Gasteiger charge is -2.10. The molecule has 0 radical (unpaired) electrons. The minimum atomic E-state index is -0.386. The average Bonchev–Trinajstić information content (AvgIpc) is 3.42. The van der Waals surface area contributed by atoms with E-state index in [1.807, 2.05) is 16.5 Å². The summed E-state index contributed by atoms with van der Waals surface area (Å²) in [7, 11) is 1.70. The molecule has 4 heterocycles. The van der Waals surface area contributed by atoms with Crippen molar-refractivity contribution in [3.05, 3.63) is 65.8 Å². The maximum absolute atomic E-state index is 14.6. The fourth-order valence-corrected chi connectivity index (χ4v) is 3.78. The van der Waals surface area contributed by atoms with Gasteiger partial charge in [0.15, 0.2) is 5.65 Å². The first-order valence-corrected chi connectivity index (χ1v) is 9.49. The number of aryl methyl sites for hydroxylation is 2. The number of hydrogen-bond donors (Lipinski definition) is 1. The van der Waals surface area contributed by atoms with E-state index in [0.717, 1.165) is 31.0 Å². The molecule has 8 heteroatoms. The molecule has 3 aromatic heterocycles. The van der Waals surface area contributed by atoms with Gasteiger partial charge in [0.2, 0.25) is 0 Å². The standard InChI is InChI=1S/C21H19FN6O/c1-23-19-9-17(22)15(10-24-19)16-11-25-20(28-12-26-27-21(16)28)6-5-13-3-2-4-18-14(13)7-8-29-18/h2-4,9-12H,5-8H2,1H3,(H,23,24). The minimum absolute atomic E-state index is 0.346. The van der Waals surface area contributed by atoms with E-state index in [0.29, 0.717) is 29.0 Å². The van der Waals surface area contributed by atoms with E-state index in [-0.39, 0.29) is 5.82 Å². The van der Waals surface area contributed by atoms with Crippen molar-refractivity contribution in [2.75, 3.05) is 19.0 Å². The van der Waals surface area contributed by atoms with Gasteiger partial charge in [0.05, 0.1) is 6.61 Å². The Morgan fingerprint density at radius 3 is 2.93 bits per heavy atom. The number of pyridine rings is 1. The molecule has 0 amide bonds. The molecule has 1 aliphatic rings. The summed E-state index contributed by atoms with van der Waals surface area (Å²) in [6.45, 7) is 0.737. The summed E-state index contributed by atoms with van der Waals surface area (Å²) < 4.78 is 22.1. The van der Waals surface area contributed by atoms with Gasteiger partial charge in [-0.25, -0.2) is 14.4 Å². The summed E-state index contributed by atoms with van der Waals surface area (Å²) >= 11 is 0. The number of hydrogen-bond acceptors (Lipinski definition) is 6. The highest BCUT2D eigenvalue weighted by atomic mass is 19.1. The van der Waals surface area contributed by atoms with Gasteiger partial charge in [-0.3, -0.25) is 4.40 Å². The van der Waals surface area contributed by atoms with Gasteiger partial charge in [-0.1, -0.05) is 12.1 Å². The maximum Gasteiger partial charge on any atom is 0.171 e. The lowest BCUT2D eigenvalue weighted by molar-refractivity contribution is 0.357. The molecule has 29 heavy (non-hydrogen) atoms. The van der Waals surface area contributed by atoms with Crippen molar-refractivity contribution < 1.29 is 9.13 Å². The van der Waals surface area contributed by atoms with Gasteiger partial charge in [-0.15, -0.1) is 10.2 Å². The van der Waals surface area contributed by atoms with Crippen molar-refractivity contribution in [3.8, 4) is 16.9 Å². The van der Waals surface area contributed by atoms with Crippen molar-refractivity contribution in [1.29, 1.82) is 0 Å². The zero-order valence-electron chi connectivity index (χ0n) is 15.9. The van der Waals surface area contributed by atoms with Gasteiger partial charge < -0.3 is 10.1 Å². The molecular formula is C21H19FN6O. The Kier molecular flexibility index (Phi) is 4.31. The highest BCUT2D eigenvalue weighted by molar-refractivity contribution is 5.77. The molecule has 0 spiro atoms. The normalized spacial score (nSPS) is 12.8. The average molecular weight is 390 g/mol. The first-order chi connectivity index (χ1) is 14.2. The van der Waals surface area contributed by atoms with Gasteiger partial charge >= 0.3 is 0 Å². The zero-order valence-corrected chi connectivity index (χ0v) is 15.9. The van der Waals surface area contributed by atoms with Crippen LogP contribution >= 0.6 is 0 Å². The Balaban J connectivity index is 1.48. The predicted molar refractivity (Wildman–Crippen MR) is 107 cm³/mol. The summed E-state index contributed by atoms with van der Waals surface area (Å²) in [5.74, 6) is 1.88. The van der Waals surface area contributed by atoms with Crippen molar-refractivity contribution in [2.24, 2.45) is 0 Å². The number of nitrogens with zero attached hydrogens (tertiary/aromatic N) is 5. The molecule has 0 saturated carbocycles. The van der Waals surface area contributed by atoms with Gasteiger partial charge in [0.1, 0.15) is 29.5 Å². The predicted octanol–water partition coefficient (Wildman–Crippen LogP) is 3.09. The fraction of sp³-hybridized carbons (Fsp3) is 0.238.